The second kappa shape index (κ2) is 5.07. The van der Waals surface area contributed by atoms with Gasteiger partial charge in [0.2, 0.25) is 0 Å². The fraction of sp³-hybridized carbons (Fsp3) is 0.571. The smallest absolute Gasteiger partial charge is 0.120 e. The summed E-state index contributed by atoms with van der Waals surface area (Å²) in [5.74, 6) is 0.999. The summed E-state index contributed by atoms with van der Waals surface area (Å²) in [5.41, 5.74) is 0.725. The average molecular weight is 236 g/mol. The molecule has 3 nitrogen and oxygen atoms in total. The Morgan fingerprint density at radius 2 is 1.94 bits per heavy atom. The highest BCUT2D eigenvalue weighted by molar-refractivity contribution is 5.30. The Hall–Kier alpha value is -1.06. The molecule has 1 fully saturated rings. The van der Waals surface area contributed by atoms with Gasteiger partial charge in [-0.25, -0.2) is 0 Å². The summed E-state index contributed by atoms with van der Waals surface area (Å²) in [4.78, 5) is 0. The predicted octanol–water partition coefficient (Wildman–Crippen LogP) is 2.28. The number of aliphatic hydroxyl groups excluding tert-OH is 2. The normalized spacial score (nSPS) is 19.1. The number of rotatable bonds is 5. The van der Waals surface area contributed by atoms with Gasteiger partial charge in [-0.1, -0.05) is 12.1 Å². The van der Waals surface area contributed by atoms with Crippen LogP contribution in [0, 0.1) is 5.92 Å². The Morgan fingerprint density at radius 1 is 1.24 bits per heavy atom. The van der Waals surface area contributed by atoms with Crippen molar-refractivity contribution in [2.75, 3.05) is 0 Å². The average Bonchev–Trinajstić information content (AvgIpc) is 3.10. The van der Waals surface area contributed by atoms with E-state index in [-0.39, 0.29) is 12.0 Å². The summed E-state index contributed by atoms with van der Waals surface area (Å²) in [6.45, 7) is 3.92. The minimum Gasteiger partial charge on any atom is -0.491 e. The van der Waals surface area contributed by atoms with E-state index in [9.17, 15) is 10.2 Å². The molecule has 1 aliphatic carbocycles. The maximum absolute atomic E-state index is 10.1. The van der Waals surface area contributed by atoms with Gasteiger partial charge in [0.25, 0.3) is 0 Å². The topological polar surface area (TPSA) is 49.7 Å². The molecule has 2 rings (SSSR count). The van der Waals surface area contributed by atoms with Crippen LogP contribution in [0.3, 0.4) is 0 Å². The van der Waals surface area contributed by atoms with Gasteiger partial charge in [-0.05, 0) is 50.3 Å². The summed E-state index contributed by atoms with van der Waals surface area (Å²) in [7, 11) is 0. The van der Waals surface area contributed by atoms with Crippen LogP contribution in [-0.2, 0) is 0 Å². The largest absolute Gasteiger partial charge is 0.491 e. The molecule has 0 amide bonds. The van der Waals surface area contributed by atoms with E-state index in [4.69, 9.17) is 4.74 Å². The molecule has 0 spiro atoms. The van der Waals surface area contributed by atoms with Crippen molar-refractivity contribution in [1.29, 1.82) is 0 Å². The van der Waals surface area contributed by atoms with Crippen molar-refractivity contribution in [3.63, 3.8) is 0 Å². The number of hydrogen-bond acceptors (Lipinski definition) is 3. The Bertz CT molecular complexity index is 371. The molecule has 1 aliphatic rings. The van der Waals surface area contributed by atoms with Crippen molar-refractivity contribution in [3.8, 4) is 5.75 Å². The van der Waals surface area contributed by atoms with Gasteiger partial charge >= 0.3 is 0 Å². The van der Waals surface area contributed by atoms with Gasteiger partial charge in [-0.3, -0.25) is 0 Å². The zero-order valence-electron chi connectivity index (χ0n) is 10.3. The Kier molecular flexibility index (Phi) is 3.69. The summed E-state index contributed by atoms with van der Waals surface area (Å²) >= 11 is 0. The summed E-state index contributed by atoms with van der Waals surface area (Å²) in [5, 5.41) is 19.9. The molecule has 0 bridgehead atoms. The minimum atomic E-state index is -0.807. The highest BCUT2D eigenvalue weighted by atomic mass is 16.5. The maximum atomic E-state index is 10.1. The molecule has 2 atom stereocenters. The van der Waals surface area contributed by atoms with Gasteiger partial charge in [0, 0.05) is 0 Å². The third-order valence-corrected chi connectivity index (χ3v) is 3.00. The van der Waals surface area contributed by atoms with Gasteiger partial charge in [-0.15, -0.1) is 0 Å². The SMILES string of the molecule is CC(C)Oc1cccc(C(O)C(O)C2CC2)c1. The van der Waals surface area contributed by atoms with Gasteiger partial charge in [0.1, 0.15) is 11.9 Å². The Morgan fingerprint density at radius 3 is 2.53 bits per heavy atom. The lowest BCUT2D eigenvalue weighted by molar-refractivity contribution is 0.00470. The molecule has 0 radical (unpaired) electrons. The van der Waals surface area contributed by atoms with E-state index in [1.165, 1.54) is 0 Å². The van der Waals surface area contributed by atoms with E-state index in [0.717, 1.165) is 24.2 Å². The fourth-order valence-electron chi connectivity index (χ4n) is 1.94. The van der Waals surface area contributed by atoms with E-state index in [0.29, 0.717) is 0 Å². The van der Waals surface area contributed by atoms with E-state index in [1.807, 2.05) is 32.0 Å². The molecular weight excluding hydrogens is 216 g/mol. The van der Waals surface area contributed by atoms with Gasteiger partial charge < -0.3 is 14.9 Å². The lowest BCUT2D eigenvalue weighted by Gasteiger charge is -2.19. The first-order valence-electron chi connectivity index (χ1n) is 6.20. The van der Waals surface area contributed by atoms with Crippen molar-refractivity contribution in [2.45, 2.75) is 45.0 Å². The highest BCUT2D eigenvalue weighted by Gasteiger charge is 2.35. The van der Waals surface area contributed by atoms with Gasteiger partial charge in [-0.2, -0.15) is 0 Å². The van der Waals surface area contributed by atoms with Crippen LogP contribution in [0.15, 0.2) is 24.3 Å². The first-order chi connectivity index (χ1) is 8.08. The van der Waals surface area contributed by atoms with Crippen LogP contribution in [0.1, 0.15) is 38.4 Å². The molecule has 0 aliphatic heterocycles. The van der Waals surface area contributed by atoms with Gasteiger partial charge in [0.15, 0.2) is 0 Å². The summed E-state index contributed by atoms with van der Waals surface area (Å²) in [6, 6.07) is 7.33. The molecular formula is C14H20O3. The Balaban J connectivity index is 2.08. The lowest BCUT2D eigenvalue weighted by Crippen LogP contribution is -2.20. The predicted molar refractivity (Wildman–Crippen MR) is 65.9 cm³/mol. The number of aliphatic hydroxyl groups is 2. The second-order valence-corrected chi connectivity index (χ2v) is 5.01. The quantitative estimate of drug-likeness (QED) is 0.824. The standard InChI is InChI=1S/C14H20O3/c1-9(2)17-12-5-3-4-11(8-12)14(16)13(15)10-6-7-10/h3-5,8-10,13-16H,6-7H2,1-2H3. The van der Waals surface area contributed by atoms with Crippen LogP contribution in [-0.4, -0.2) is 22.4 Å². The molecule has 2 unspecified atom stereocenters. The molecule has 3 heteroatoms. The highest BCUT2D eigenvalue weighted by Crippen LogP contribution is 2.38. The summed E-state index contributed by atoms with van der Waals surface area (Å²) in [6.07, 6.45) is 0.680. The van der Waals surface area contributed by atoms with Crippen molar-refractivity contribution in [3.05, 3.63) is 29.8 Å². The lowest BCUT2D eigenvalue weighted by atomic mass is 10.0. The zero-order valence-corrected chi connectivity index (χ0v) is 10.3. The first-order valence-corrected chi connectivity index (χ1v) is 6.20. The second-order valence-electron chi connectivity index (χ2n) is 5.01. The van der Waals surface area contributed by atoms with E-state index in [1.54, 1.807) is 6.07 Å². The molecule has 2 N–H and O–H groups in total. The van der Waals surface area contributed by atoms with Crippen molar-refractivity contribution >= 4 is 0 Å². The van der Waals surface area contributed by atoms with Crippen LogP contribution in [0.5, 0.6) is 5.75 Å². The number of ether oxygens (including phenoxy) is 1. The molecule has 1 aromatic carbocycles. The number of benzene rings is 1. The van der Waals surface area contributed by atoms with E-state index < -0.39 is 12.2 Å². The fourth-order valence-corrected chi connectivity index (χ4v) is 1.94. The molecule has 1 aromatic rings. The van der Waals surface area contributed by atoms with E-state index in [2.05, 4.69) is 0 Å². The zero-order chi connectivity index (χ0) is 12.4. The van der Waals surface area contributed by atoms with Gasteiger partial charge in [0.05, 0.1) is 12.2 Å². The van der Waals surface area contributed by atoms with Crippen LogP contribution in [0.2, 0.25) is 0 Å². The first kappa shape index (κ1) is 12.4. The van der Waals surface area contributed by atoms with Crippen LogP contribution < -0.4 is 4.74 Å². The summed E-state index contributed by atoms with van der Waals surface area (Å²) < 4.78 is 5.57. The van der Waals surface area contributed by atoms with Crippen LogP contribution in [0.25, 0.3) is 0 Å². The molecule has 94 valence electrons. The van der Waals surface area contributed by atoms with Crippen molar-refractivity contribution < 1.29 is 14.9 Å². The third kappa shape index (κ3) is 3.20. The molecule has 1 saturated carbocycles. The number of hydrogen-bond donors (Lipinski definition) is 2. The van der Waals surface area contributed by atoms with E-state index >= 15 is 0 Å². The maximum Gasteiger partial charge on any atom is 0.120 e. The molecule has 0 saturated heterocycles. The monoisotopic (exact) mass is 236 g/mol. The third-order valence-electron chi connectivity index (χ3n) is 3.00. The van der Waals surface area contributed by atoms with Crippen molar-refractivity contribution in [2.24, 2.45) is 5.92 Å². The van der Waals surface area contributed by atoms with Crippen LogP contribution >= 0.6 is 0 Å². The molecule has 0 aromatic heterocycles. The Labute approximate surface area is 102 Å². The molecule has 17 heavy (non-hydrogen) atoms. The molecule has 0 heterocycles. The van der Waals surface area contributed by atoms with Crippen LogP contribution in [0.4, 0.5) is 0 Å². The van der Waals surface area contributed by atoms with Crippen molar-refractivity contribution in [1.82, 2.24) is 0 Å². The minimum absolute atomic E-state index is 0.107.